The Morgan fingerprint density at radius 1 is 1.06 bits per heavy atom. The molecule has 0 aliphatic carbocycles. The number of ether oxygens (including phenoxy) is 1. The number of hydrogen-bond acceptors (Lipinski definition) is 7. The van der Waals surface area contributed by atoms with Crippen molar-refractivity contribution < 1.29 is 9.15 Å². The lowest BCUT2D eigenvalue weighted by molar-refractivity contribution is 0.284. The van der Waals surface area contributed by atoms with Crippen molar-refractivity contribution in [1.82, 2.24) is 24.5 Å². The summed E-state index contributed by atoms with van der Waals surface area (Å²) in [6.07, 6.45) is 3.38. The van der Waals surface area contributed by atoms with Crippen LogP contribution >= 0.6 is 0 Å². The predicted octanol–water partition coefficient (Wildman–Crippen LogP) is 4.79. The van der Waals surface area contributed by atoms with Crippen LogP contribution in [-0.4, -0.2) is 24.5 Å². The van der Waals surface area contributed by atoms with E-state index < -0.39 is 0 Å². The average Bonchev–Trinajstić information content (AvgIpc) is 3.20. The van der Waals surface area contributed by atoms with Gasteiger partial charge in [0.15, 0.2) is 5.89 Å². The zero-order valence-electron chi connectivity index (χ0n) is 20.6. The Hall–Kier alpha value is -3.81. The van der Waals surface area contributed by atoms with Gasteiger partial charge in [-0.05, 0) is 38.5 Å². The highest BCUT2D eigenvalue weighted by Gasteiger charge is 2.20. The molecule has 0 saturated carbocycles. The van der Waals surface area contributed by atoms with Crippen molar-refractivity contribution in [2.45, 2.75) is 60.5 Å². The van der Waals surface area contributed by atoms with Crippen LogP contribution in [0.5, 0.6) is 5.88 Å². The molecule has 3 aromatic heterocycles. The summed E-state index contributed by atoms with van der Waals surface area (Å²) >= 11 is 0. The molecule has 4 rings (SSSR count). The molecule has 8 heteroatoms. The molecule has 0 aliphatic heterocycles. The van der Waals surface area contributed by atoms with Crippen LogP contribution in [0, 0.1) is 27.7 Å². The number of aromatic nitrogens is 5. The lowest BCUT2D eigenvalue weighted by atomic mass is 9.95. The zero-order chi connectivity index (χ0) is 24.6. The van der Waals surface area contributed by atoms with Gasteiger partial charge in [-0.25, -0.2) is 15.0 Å². The van der Waals surface area contributed by atoms with E-state index >= 15 is 0 Å². The third-order valence-corrected chi connectivity index (χ3v) is 5.48. The summed E-state index contributed by atoms with van der Waals surface area (Å²) in [6.45, 7) is 13.7. The molecule has 0 spiro atoms. The van der Waals surface area contributed by atoms with Crippen molar-refractivity contribution in [3.8, 4) is 22.8 Å². The Labute approximate surface area is 198 Å². The highest BCUT2D eigenvalue weighted by molar-refractivity contribution is 5.65. The lowest BCUT2D eigenvalue weighted by Crippen LogP contribution is -2.25. The van der Waals surface area contributed by atoms with Crippen LogP contribution in [0.25, 0.3) is 16.9 Å². The van der Waals surface area contributed by atoms with Gasteiger partial charge in [0.1, 0.15) is 30.2 Å². The van der Waals surface area contributed by atoms with Gasteiger partial charge in [-0.3, -0.25) is 9.36 Å². The summed E-state index contributed by atoms with van der Waals surface area (Å²) in [5.74, 6) is 2.14. The maximum Gasteiger partial charge on any atom is 0.264 e. The van der Waals surface area contributed by atoms with Crippen molar-refractivity contribution >= 4 is 0 Å². The quantitative estimate of drug-likeness (QED) is 0.423. The molecule has 0 bridgehead atoms. The van der Waals surface area contributed by atoms with Gasteiger partial charge in [0.25, 0.3) is 5.56 Å². The average molecular weight is 460 g/mol. The molecular weight excluding hydrogens is 430 g/mol. The van der Waals surface area contributed by atoms with Gasteiger partial charge in [0, 0.05) is 24.1 Å². The maximum absolute atomic E-state index is 13.3. The van der Waals surface area contributed by atoms with E-state index in [0.29, 0.717) is 28.7 Å². The number of oxazole rings is 1. The van der Waals surface area contributed by atoms with Crippen molar-refractivity contribution in [2.75, 3.05) is 0 Å². The molecule has 0 aliphatic rings. The SMILES string of the molecule is Cc1nc(COc2nc(C)n(-c3cccc(-c4nc(C(C)(C)C)ncc4C)c3)c(=O)c2C)co1. The second-order valence-electron chi connectivity index (χ2n) is 9.40. The minimum atomic E-state index is -0.189. The largest absolute Gasteiger partial charge is 0.471 e. The molecule has 4 aromatic rings. The fourth-order valence-corrected chi connectivity index (χ4v) is 3.64. The number of nitrogens with zero attached hydrogens (tertiary/aromatic N) is 5. The van der Waals surface area contributed by atoms with E-state index in [9.17, 15) is 4.79 Å². The Balaban J connectivity index is 1.72. The summed E-state index contributed by atoms with van der Waals surface area (Å²) < 4.78 is 12.6. The standard InChI is InChI=1S/C26H29N5O3/c1-15-12-27-25(26(5,6)7)30-22(15)19-9-8-10-21(11-19)31-17(3)28-23(16(2)24(31)32)34-14-20-13-33-18(4)29-20/h8-13H,14H2,1-7H3. The van der Waals surface area contributed by atoms with Crippen LogP contribution in [-0.2, 0) is 12.0 Å². The summed E-state index contributed by atoms with van der Waals surface area (Å²) in [4.78, 5) is 31.4. The van der Waals surface area contributed by atoms with Crippen LogP contribution < -0.4 is 10.3 Å². The van der Waals surface area contributed by atoms with Gasteiger partial charge in [-0.15, -0.1) is 0 Å². The van der Waals surface area contributed by atoms with Crippen molar-refractivity contribution in [1.29, 1.82) is 0 Å². The fourth-order valence-electron chi connectivity index (χ4n) is 3.64. The molecule has 0 N–H and O–H groups in total. The van der Waals surface area contributed by atoms with Crippen LogP contribution in [0.1, 0.15) is 55.1 Å². The van der Waals surface area contributed by atoms with Crippen LogP contribution in [0.15, 0.2) is 45.9 Å². The first-order chi connectivity index (χ1) is 16.0. The first kappa shape index (κ1) is 23.4. The number of rotatable bonds is 5. The molecule has 3 heterocycles. The van der Waals surface area contributed by atoms with E-state index in [2.05, 4.69) is 35.7 Å². The molecule has 0 radical (unpaired) electrons. The lowest BCUT2D eigenvalue weighted by Gasteiger charge is -2.18. The van der Waals surface area contributed by atoms with Gasteiger partial charge in [-0.1, -0.05) is 32.9 Å². The normalized spacial score (nSPS) is 11.6. The fraction of sp³-hybridized carbons (Fsp3) is 0.346. The summed E-state index contributed by atoms with van der Waals surface area (Å²) in [5, 5.41) is 0. The third kappa shape index (κ3) is 4.62. The highest BCUT2D eigenvalue weighted by Crippen LogP contribution is 2.27. The van der Waals surface area contributed by atoms with Crippen molar-refractivity contribution in [3.63, 3.8) is 0 Å². The number of aryl methyl sites for hydroxylation is 3. The van der Waals surface area contributed by atoms with Gasteiger partial charge in [0.05, 0.1) is 16.9 Å². The van der Waals surface area contributed by atoms with Crippen LogP contribution in [0.4, 0.5) is 0 Å². The summed E-state index contributed by atoms with van der Waals surface area (Å²) in [6, 6.07) is 7.75. The number of benzene rings is 1. The molecule has 0 unspecified atom stereocenters. The van der Waals surface area contributed by atoms with Crippen molar-refractivity contribution in [2.24, 2.45) is 0 Å². The summed E-state index contributed by atoms with van der Waals surface area (Å²) in [7, 11) is 0. The molecule has 176 valence electrons. The van der Waals surface area contributed by atoms with E-state index in [1.54, 1.807) is 25.3 Å². The van der Waals surface area contributed by atoms with Crippen molar-refractivity contribution in [3.05, 3.63) is 81.4 Å². The molecular formula is C26H29N5O3. The monoisotopic (exact) mass is 459 g/mol. The van der Waals surface area contributed by atoms with Crippen LogP contribution in [0.2, 0.25) is 0 Å². The van der Waals surface area contributed by atoms with E-state index in [-0.39, 0.29) is 23.5 Å². The highest BCUT2D eigenvalue weighted by atomic mass is 16.5. The second-order valence-corrected chi connectivity index (χ2v) is 9.40. The minimum Gasteiger partial charge on any atom is -0.471 e. The Kier molecular flexibility index (Phi) is 6.08. The van der Waals surface area contributed by atoms with Gasteiger partial charge in [0.2, 0.25) is 5.88 Å². The van der Waals surface area contributed by atoms with Gasteiger partial charge < -0.3 is 9.15 Å². The third-order valence-electron chi connectivity index (χ3n) is 5.48. The minimum absolute atomic E-state index is 0.172. The molecule has 0 fully saturated rings. The summed E-state index contributed by atoms with van der Waals surface area (Å²) in [5.41, 5.74) is 4.14. The molecule has 0 atom stereocenters. The molecule has 34 heavy (non-hydrogen) atoms. The van der Waals surface area contributed by atoms with E-state index in [1.165, 1.54) is 6.26 Å². The van der Waals surface area contributed by atoms with E-state index in [0.717, 1.165) is 22.6 Å². The molecule has 0 saturated heterocycles. The molecule has 8 nitrogen and oxygen atoms in total. The van der Waals surface area contributed by atoms with Gasteiger partial charge >= 0.3 is 0 Å². The number of hydrogen-bond donors (Lipinski definition) is 0. The zero-order valence-corrected chi connectivity index (χ0v) is 20.6. The second kappa shape index (κ2) is 8.85. The van der Waals surface area contributed by atoms with E-state index in [1.807, 2.05) is 37.4 Å². The first-order valence-corrected chi connectivity index (χ1v) is 11.1. The molecule has 1 aromatic carbocycles. The van der Waals surface area contributed by atoms with Gasteiger partial charge in [-0.2, -0.15) is 4.98 Å². The first-order valence-electron chi connectivity index (χ1n) is 11.1. The Morgan fingerprint density at radius 3 is 2.50 bits per heavy atom. The smallest absolute Gasteiger partial charge is 0.264 e. The predicted molar refractivity (Wildman–Crippen MR) is 129 cm³/mol. The Morgan fingerprint density at radius 2 is 1.82 bits per heavy atom. The topological polar surface area (TPSA) is 95.9 Å². The molecule has 0 amide bonds. The maximum atomic E-state index is 13.3. The van der Waals surface area contributed by atoms with E-state index in [4.69, 9.17) is 14.1 Å². The van der Waals surface area contributed by atoms with Crippen LogP contribution in [0.3, 0.4) is 0 Å². The Bertz CT molecular complexity index is 1410.